The highest BCUT2D eigenvalue weighted by molar-refractivity contribution is 7.22. The molecule has 0 atom stereocenters. The van der Waals surface area contributed by atoms with E-state index in [-0.39, 0.29) is 30.6 Å². The summed E-state index contributed by atoms with van der Waals surface area (Å²) < 4.78 is 25.2. The Kier molecular flexibility index (Phi) is 8.81. The third-order valence-electron chi connectivity index (χ3n) is 5.20. The number of nitrogens with zero attached hydrogens (tertiary/aromatic N) is 3. The van der Waals surface area contributed by atoms with E-state index in [1.54, 1.807) is 17.0 Å². The Morgan fingerprint density at radius 3 is 2.69 bits per heavy atom. The number of morpholine rings is 1. The Morgan fingerprint density at radius 2 is 1.97 bits per heavy atom. The molecule has 9 heteroatoms. The van der Waals surface area contributed by atoms with E-state index in [2.05, 4.69) is 4.90 Å². The number of carbonyl (C=O) groups excluding carboxylic acids is 1. The van der Waals surface area contributed by atoms with Crippen LogP contribution in [0.3, 0.4) is 0 Å². The molecule has 1 fully saturated rings. The molecule has 2 aromatic carbocycles. The highest BCUT2D eigenvalue weighted by Gasteiger charge is 2.22. The van der Waals surface area contributed by atoms with Crippen molar-refractivity contribution < 1.29 is 18.7 Å². The molecule has 32 heavy (non-hydrogen) atoms. The maximum atomic E-state index is 13.3. The lowest BCUT2D eigenvalue weighted by Gasteiger charge is -2.29. The quantitative estimate of drug-likeness (QED) is 0.485. The Balaban J connectivity index is 0.00000289. The minimum Gasteiger partial charge on any atom is -0.494 e. The zero-order valence-electron chi connectivity index (χ0n) is 18.0. The molecule has 0 spiro atoms. The van der Waals surface area contributed by atoms with E-state index in [4.69, 9.17) is 14.5 Å². The summed E-state index contributed by atoms with van der Waals surface area (Å²) in [6.45, 7) is 6.98. The largest absolute Gasteiger partial charge is 0.494 e. The van der Waals surface area contributed by atoms with E-state index in [1.165, 1.54) is 23.5 Å². The Hall–Kier alpha value is -2.26. The normalized spacial score (nSPS) is 14.2. The van der Waals surface area contributed by atoms with Gasteiger partial charge in [0.15, 0.2) is 5.13 Å². The third kappa shape index (κ3) is 6.16. The van der Waals surface area contributed by atoms with Crippen molar-refractivity contribution in [2.24, 2.45) is 0 Å². The number of halogens is 2. The fourth-order valence-corrected chi connectivity index (χ4v) is 4.57. The summed E-state index contributed by atoms with van der Waals surface area (Å²) in [4.78, 5) is 22.0. The second-order valence-corrected chi connectivity index (χ2v) is 8.37. The number of aromatic nitrogens is 1. The third-order valence-corrected chi connectivity index (χ3v) is 6.24. The van der Waals surface area contributed by atoms with E-state index >= 15 is 0 Å². The number of fused-ring (bicyclic) bond motifs is 1. The zero-order valence-corrected chi connectivity index (χ0v) is 19.6. The minimum atomic E-state index is -0.309. The lowest BCUT2D eigenvalue weighted by molar-refractivity contribution is -0.118. The van der Waals surface area contributed by atoms with Crippen molar-refractivity contribution in [1.82, 2.24) is 9.88 Å². The van der Waals surface area contributed by atoms with Gasteiger partial charge < -0.3 is 9.47 Å². The number of hydrogen-bond acceptors (Lipinski definition) is 6. The summed E-state index contributed by atoms with van der Waals surface area (Å²) in [5.41, 5.74) is 1.62. The van der Waals surface area contributed by atoms with Crippen LogP contribution in [0.25, 0.3) is 10.2 Å². The molecule has 3 aromatic rings. The van der Waals surface area contributed by atoms with Crippen molar-refractivity contribution >= 4 is 45.0 Å². The number of benzene rings is 2. The van der Waals surface area contributed by atoms with Crippen LogP contribution in [0.15, 0.2) is 42.5 Å². The molecule has 0 N–H and O–H groups in total. The van der Waals surface area contributed by atoms with Crippen molar-refractivity contribution in [3.63, 3.8) is 0 Å². The smallest absolute Gasteiger partial charge is 0.233 e. The van der Waals surface area contributed by atoms with E-state index in [0.717, 1.165) is 41.2 Å². The Labute approximate surface area is 197 Å². The first kappa shape index (κ1) is 24.4. The second kappa shape index (κ2) is 11.6. The van der Waals surface area contributed by atoms with Gasteiger partial charge in [-0.3, -0.25) is 14.6 Å². The van der Waals surface area contributed by atoms with Gasteiger partial charge in [-0.1, -0.05) is 23.5 Å². The maximum absolute atomic E-state index is 13.3. The standard InChI is InChI=1S/C23H26FN3O3S.ClH/c1-2-30-19-7-8-20-21(16-19)31-23(25-20)27(10-9-26-11-13-29-14-12-26)22(28)15-17-3-5-18(24)6-4-17;/h3-8,16H,2,9-15H2,1H3;1H. The van der Waals surface area contributed by atoms with Crippen LogP contribution in [-0.4, -0.2) is 61.8 Å². The van der Waals surface area contributed by atoms with Crippen LogP contribution >= 0.6 is 23.7 Å². The lowest BCUT2D eigenvalue weighted by atomic mass is 10.1. The summed E-state index contributed by atoms with van der Waals surface area (Å²) in [7, 11) is 0. The van der Waals surface area contributed by atoms with Gasteiger partial charge in [-0.2, -0.15) is 0 Å². The van der Waals surface area contributed by atoms with Gasteiger partial charge in [-0.05, 0) is 42.8 Å². The van der Waals surface area contributed by atoms with Crippen LogP contribution in [0.5, 0.6) is 5.75 Å². The highest BCUT2D eigenvalue weighted by atomic mass is 35.5. The average Bonchev–Trinajstić information content (AvgIpc) is 3.19. The highest BCUT2D eigenvalue weighted by Crippen LogP contribution is 2.32. The van der Waals surface area contributed by atoms with Gasteiger partial charge in [-0.25, -0.2) is 9.37 Å². The average molecular weight is 480 g/mol. The van der Waals surface area contributed by atoms with Crippen molar-refractivity contribution in [3.8, 4) is 5.75 Å². The zero-order chi connectivity index (χ0) is 21.6. The molecule has 172 valence electrons. The van der Waals surface area contributed by atoms with Gasteiger partial charge in [0.05, 0.1) is 36.5 Å². The molecule has 1 saturated heterocycles. The fourth-order valence-electron chi connectivity index (χ4n) is 3.53. The van der Waals surface area contributed by atoms with Crippen molar-refractivity contribution in [2.75, 3.05) is 50.9 Å². The molecule has 0 unspecified atom stereocenters. The topological polar surface area (TPSA) is 54.9 Å². The van der Waals surface area contributed by atoms with Crippen LogP contribution in [0.1, 0.15) is 12.5 Å². The molecule has 1 amide bonds. The van der Waals surface area contributed by atoms with E-state index in [1.807, 2.05) is 25.1 Å². The number of ether oxygens (including phenoxy) is 2. The minimum absolute atomic E-state index is 0. The van der Waals surface area contributed by atoms with Crippen molar-refractivity contribution in [1.29, 1.82) is 0 Å². The molecular formula is C23H27ClFN3O3S. The predicted molar refractivity (Wildman–Crippen MR) is 128 cm³/mol. The van der Waals surface area contributed by atoms with Gasteiger partial charge >= 0.3 is 0 Å². The molecule has 0 saturated carbocycles. The van der Waals surface area contributed by atoms with Gasteiger partial charge in [0, 0.05) is 26.2 Å². The van der Waals surface area contributed by atoms with Crippen LogP contribution in [0.2, 0.25) is 0 Å². The number of thiazole rings is 1. The van der Waals surface area contributed by atoms with Crippen LogP contribution in [-0.2, 0) is 16.0 Å². The number of carbonyl (C=O) groups is 1. The van der Waals surface area contributed by atoms with Crippen molar-refractivity contribution in [3.05, 3.63) is 53.8 Å². The molecule has 1 aromatic heterocycles. The molecule has 1 aliphatic rings. The number of hydrogen-bond donors (Lipinski definition) is 0. The Morgan fingerprint density at radius 1 is 1.22 bits per heavy atom. The second-order valence-electron chi connectivity index (χ2n) is 7.36. The first-order valence-corrected chi connectivity index (χ1v) is 11.3. The van der Waals surface area contributed by atoms with Gasteiger partial charge in [0.1, 0.15) is 11.6 Å². The van der Waals surface area contributed by atoms with Crippen LogP contribution in [0, 0.1) is 5.82 Å². The van der Waals surface area contributed by atoms with Gasteiger partial charge in [-0.15, -0.1) is 12.4 Å². The summed E-state index contributed by atoms with van der Waals surface area (Å²) in [5.74, 6) is 0.434. The molecule has 0 bridgehead atoms. The molecular weight excluding hydrogens is 453 g/mol. The van der Waals surface area contributed by atoms with Crippen molar-refractivity contribution in [2.45, 2.75) is 13.3 Å². The summed E-state index contributed by atoms with van der Waals surface area (Å²) in [5, 5.41) is 0.670. The first-order chi connectivity index (χ1) is 15.1. The number of rotatable bonds is 8. The molecule has 4 rings (SSSR count). The monoisotopic (exact) mass is 479 g/mol. The summed E-state index contributed by atoms with van der Waals surface area (Å²) in [6.07, 6.45) is 0.198. The summed E-state index contributed by atoms with van der Waals surface area (Å²) in [6, 6.07) is 11.9. The molecule has 6 nitrogen and oxygen atoms in total. The number of amides is 1. The van der Waals surface area contributed by atoms with Gasteiger partial charge in [0.2, 0.25) is 5.91 Å². The predicted octanol–water partition coefficient (Wildman–Crippen LogP) is 4.16. The lowest BCUT2D eigenvalue weighted by Crippen LogP contribution is -2.43. The Bertz CT molecular complexity index is 1030. The SMILES string of the molecule is CCOc1ccc2nc(N(CCN3CCOCC3)C(=O)Cc3ccc(F)cc3)sc2c1.Cl. The fraction of sp³-hybridized carbons (Fsp3) is 0.391. The van der Waals surface area contributed by atoms with Gasteiger partial charge in [0.25, 0.3) is 0 Å². The van der Waals surface area contributed by atoms with E-state index in [9.17, 15) is 9.18 Å². The number of anilines is 1. The van der Waals surface area contributed by atoms with Crippen LogP contribution < -0.4 is 9.64 Å². The first-order valence-electron chi connectivity index (χ1n) is 10.5. The molecule has 1 aliphatic heterocycles. The van der Waals surface area contributed by atoms with E-state index in [0.29, 0.717) is 31.5 Å². The maximum Gasteiger partial charge on any atom is 0.233 e. The van der Waals surface area contributed by atoms with E-state index < -0.39 is 0 Å². The molecule has 2 heterocycles. The summed E-state index contributed by atoms with van der Waals surface area (Å²) >= 11 is 1.48. The molecule has 0 radical (unpaired) electrons. The molecule has 0 aliphatic carbocycles. The van der Waals surface area contributed by atoms with Crippen LogP contribution in [0.4, 0.5) is 9.52 Å².